The van der Waals surface area contributed by atoms with Crippen LogP contribution in [0.25, 0.3) is 0 Å². The maximum atomic E-state index is 10.4. The summed E-state index contributed by atoms with van der Waals surface area (Å²) in [6.45, 7) is -0.162. The van der Waals surface area contributed by atoms with E-state index in [0.29, 0.717) is 17.7 Å². The van der Waals surface area contributed by atoms with E-state index in [1.54, 1.807) is 24.3 Å². The molecular formula is C11H13N3O4. The second-order valence-electron chi connectivity index (χ2n) is 3.21. The van der Waals surface area contributed by atoms with E-state index >= 15 is 0 Å². The molecule has 1 aromatic rings. The predicted octanol–water partition coefficient (Wildman–Crippen LogP) is 0.237. The lowest BCUT2D eigenvalue weighted by Crippen LogP contribution is -2.23. The van der Waals surface area contributed by atoms with Crippen LogP contribution in [0.2, 0.25) is 0 Å². The van der Waals surface area contributed by atoms with Gasteiger partial charge < -0.3 is 20.6 Å². The standard InChI is InChI=1S/C11H13N3O4/c1-18-14-11(13-7-15)8-2-4-9(5-3-8)12-6-10(16)17/h2-5,7,12H,6H2,1H3,(H,16,17)(H,13,14,15). The van der Waals surface area contributed by atoms with Gasteiger partial charge in [0.05, 0.1) is 0 Å². The predicted molar refractivity (Wildman–Crippen MR) is 65.3 cm³/mol. The molecule has 0 heterocycles. The summed E-state index contributed by atoms with van der Waals surface area (Å²) in [7, 11) is 1.37. The van der Waals surface area contributed by atoms with Gasteiger partial charge >= 0.3 is 5.97 Å². The van der Waals surface area contributed by atoms with E-state index in [9.17, 15) is 9.59 Å². The van der Waals surface area contributed by atoms with Gasteiger partial charge in [-0.3, -0.25) is 9.59 Å². The fourth-order valence-electron chi connectivity index (χ4n) is 1.23. The number of rotatable bonds is 6. The molecule has 0 fully saturated rings. The summed E-state index contributed by atoms with van der Waals surface area (Å²) in [6.07, 6.45) is 0.494. The van der Waals surface area contributed by atoms with Gasteiger partial charge in [0.25, 0.3) is 0 Å². The zero-order valence-corrected chi connectivity index (χ0v) is 9.71. The number of oxime groups is 1. The van der Waals surface area contributed by atoms with E-state index in [1.165, 1.54) is 7.11 Å². The van der Waals surface area contributed by atoms with E-state index in [2.05, 4.69) is 20.6 Å². The number of carboxylic acid groups (broad SMARTS) is 1. The largest absolute Gasteiger partial charge is 0.480 e. The fourth-order valence-corrected chi connectivity index (χ4v) is 1.23. The first-order chi connectivity index (χ1) is 8.67. The van der Waals surface area contributed by atoms with Crippen LogP contribution in [0.15, 0.2) is 29.4 Å². The smallest absolute Gasteiger partial charge is 0.322 e. The van der Waals surface area contributed by atoms with Crippen molar-refractivity contribution in [2.24, 2.45) is 5.16 Å². The van der Waals surface area contributed by atoms with Crippen LogP contribution in [0.4, 0.5) is 5.69 Å². The normalized spacial score (nSPS) is 10.6. The number of amides is 1. The summed E-state index contributed by atoms with van der Waals surface area (Å²) < 4.78 is 0. The van der Waals surface area contributed by atoms with Crippen LogP contribution in [0, 0.1) is 0 Å². The Morgan fingerprint density at radius 1 is 1.44 bits per heavy atom. The quantitative estimate of drug-likeness (QED) is 0.291. The van der Waals surface area contributed by atoms with Crippen molar-refractivity contribution in [1.82, 2.24) is 5.32 Å². The van der Waals surface area contributed by atoms with E-state index in [-0.39, 0.29) is 12.4 Å². The van der Waals surface area contributed by atoms with E-state index < -0.39 is 5.97 Å². The number of hydrogen-bond donors (Lipinski definition) is 3. The Morgan fingerprint density at radius 3 is 2.61 bits per heavy atom. The number of benzene rings is 1. The SMILES string of the molecule is CO/N=C(\NC=O)c1ccc(NCC(=O)O)cc1. The third-order valence-electron chi connectivity index (χ3n) is 1.98. The van der Waals surface area contributed by atoms with Crippen molar-refractivity contribution >= 4 is 23.9 Å². The molecule has 7 nitrogen and oxygen atoms in total. The van der Waals surface area contributed by atoms with Crippen molar-refractivity contribution in [2.45, 2.75) is 0 Å². The summed E-state index contributed by atoms with van der Waals surface area (Å²) in [5, 5.41) is 17.3. The van der Waals surface area contributed by atoms with Gasteiger partial charge in [0.1, 0.15) is 13.7 Å². The van der Waals surface area contributed by atoms with Gasteiger partial charge in [0.2, 0.25) is 6.41 Å². The summed E-state index contributed by atoms with van der Waals surface area (Å²) in [5.41, 5.74) is 1.30. The summed E-state index contributed by atoms with van der Waals surface area (Å²) >= 11 is 0. The Morgan fingerprint density at radius 2 is 2.11 bits per heavy atom. The average molecular weight is 251 g/mol. The summed E-state index contributed by atoms with van der Waals surface area (Å²) in [6, 6.07) is 6.71. The summed E-state index contributed by atoms with van der Waals surface area (Å²) in [4.78, 5) is 25.3. The van der Waals surface area contributed by atoms with Crippen molar-refractivity contribution in [3.8, 4) is 0 Å². The molecule has 7 heteroatoms. The van der Waals surface area contributed by atoms with Gasteiger partial charge in [-0.2, -0.15) is 0 Å². The van der Waals surface area contributed by atoms with Crippen LogP contribution in [-0.4, -0.2) is 37.0 Å². The lowest BCUT2D eigenvalue weighted by molar-refractivity contribution is -0.134. The molecule has 0 atom stereocenters. The number of anilines is 1. The van der Waals surface area contributed by atoms with E-state index in [4.69, 9.17) is 5.11 Å². The number of carboxylic acids is 1. The third-order valence-corrected chi connectivity index (χ3v) is 1.98. The Hall–Kier alpha value is -2.57. The minimum atomic E-state index is -0.941. The van der Waals surface area contributed by atoms with Gasteiger partial charge in [0, 0.05) is 11.3 Å². The Balaban J connectivity index is 2.77. The molecule has 0 spiro atoms. The van der Waals surface area contributed by atoms with Crippen molar-refractivity contribution in [3.63, 3.8) is 0 Å². The molecule has 96 valence electrons. The molecule has 0 saturated heterocycles. The minimum absolute atomic E-state index is 0.162. The maximum Gasteiger partial charge on any atom is 0.322 e. The molecule has 3 N–H and O–H groups in total. The van der Waals surface area contributed by atoms with E-state index in [1.807, 2.05) is 0 Å². The highest BCUT2D eigenvalue weighted by molar-refractivity contribution is 6.03. The molecule has 0 aliphatic heterocycles. The molecule has 0 unspecified atom stereocenters. The maximum absolute atomic E-state index is 10.4. The number of nitrogens with zero attached hydrogens (tertiary/aromatic N) is 1. The first kappa shape index (κ1) is 13.5. The van der Waals surface area contributed by atoms with Crippen molar-refractivity contribution < 1.29 is 19.5 Å². The molecule has 0 aliphatic carbocycles. The number of aliphatic carboxylic acids is 1. The number of nitrogens with one attached hydrogen (secondary N) is 2. The molecular weight excluding hydrogens is 238 g/mol. The van der Waals surface area contributed by atoms with Gasteiger partial charge in [-0.15, -0.1) is 0 Å². The highest BCUT2D eigenvalue weighted by Crippen LogP contribution is 2.09. The molecule has 1 rings (SSSR count). The first-order valence-corrected chi connectivity index (χ1v) is 5.05. The molecule has 0 aliphatic rings. The van der Waals surface area contributed by atoms with Crippen LogP contribution in [0.1, 0.15) is 5.56 Å². The molecule has 0 radical (unpaired) electrons. The Bertz CT molecular complexity index is 442. The number of carbonyl (C=O) groups is 2. The van der Waals surface area contributed by atoms with Crippen LogP contribution < -0.4 is 10.6 Å². The topological polar surface area (TPSA) is 100 Å². The van der Waals surface area contributed by atoms with Crippen LogP contribution in [0.3, 0.4) is 0 Å². The Kier molecular flexibility index (Phi) is 5.17. The molecule has 1 aromatic carbocycles. The van der Waals surface area contributed by atoms with Gasteiger partial charge in [-0.1, -0.05) is 5.16 Å². The second-order valence-corrected chi connectivity index (χ2v) is 3.21. The van der Waals surface area contributed by atoms with Gasteiger partial charge in [-0.05, 0) is 24.3 Å². The molecule has 18 heavy (non-hydrogen) atoms. The summed E-state index contributed by atoms with van der Waals surface area (Å²) in [5.74, 6) is -0.666. The molecule has 1 amide bonds. The molecule has 0 aromatic heterocycles. The van der Waals surface area contributed by atoms with Crippen LogP contribution >= 0.6 is 0 Å². The van der Waals surface area contributed by atoms with Crippen molar-refractivity contribution in [1.29, 1.82) is 0 Å². The van der Waals surface area contributed by atoms with Gasteiger partial charge in [0.15, 0.2) is 5.84 Å². The van der Waals surface area contributed by atoms with E-state index in [0.717, 1.165) is 0 Å². The Labute approximate surface area is 103 Å². The number of hydrogen-bond acceptors (Lipinski definition) is 5. The zero-order valence-electron chi connectivity index (χ0n) is 9.71. The fraction of sp³-hybridized carbons (Fsp3) is 0.182. The lowest BCUT2D eigenvalue weighted by atomic mass is 10.2. The monoisotopic (exact) mass is 251 g/mol. The third kappa shape index (κ3) is 4.12. The highest BCUT2D eigenvalue weighted by atomic mass is 16.6. The second kappa shape index (κ2) is 6.89. The van der Waals surface area contributed by atoms with Gasteiger partial charge in [-0.25, -0.2) is 0 Å². The molecule has 0 saturated carbocycles. The average Bonchev–Trinajstić information content (AvgIpc) is 2.37. The molecule has 0 bridgehead atoms. The number of amidine groups is 1. The number of carbonyl (C=O) groups excluding carboxylic acids is 1. The van der Waals surface area contributed by atoms with Crippen LogP contribution in [0.5, 0.6) is 0 Å². The highest BCUT2D eigenvalue weighted by Gasteiger charge is 2.04. The minimum Gasteiger partial charge on any atom is -0.480 e. The van der Waals surface area contributed by atoms with Crippen LogP contribution in [-0.2, 0) is 14.4 Å². The zero-order chi connectivity index (χ0) is 13.4. The van der Waals surface area contributed by atoms with Crippen molar-refractivity contribution in [2.75, 3.05) is 19.0 Å². The first-order valence-electron chi connectivity index (χ1n) is 5.05. The lowest BCUT2D eigenvalue weighted by Gasteiger charge is -2.06. The van der Waals surface area contributed by atoms with Crippen molar-refractivity contribution in [3.05, 3.63) is 29.8 Å².